The smallest absolute Gasteiger partial charge is 0.159 e. The van der Waals surface area contributed by atoms with E-state index in [1.54, 1.807) is 0 Å². The molecule has 0 aliphatic carbocycles. The Kier molecular flexibility index (Phi) is 4.05. The lowest BCUT2D eigenvalue weighted by Gasteiger charge is -2.41. The summed E-state index contributed by atoms with van der Waals surface area (Å²) in [6, 6.07) is 26.9. The van der Waals surface area contributed by atoms with Gasteiger partial charge in [0, 0.05) is 17.2 Å². The fourth-order valence-electron chi connectivity index (χ4n) is 5.94. The van der Waals surface area contributed by atoms with Crippen LogP contribution in [0.1, 0.15) is 48.6 Å². The van der Waals surface area contributed by atoms with E-state index in [1.807, 2.05) is 0 Å². The van der Waals surface area contributed by atoms with Gasteiger partial charge in [-0.05, 0) is 64.4 Å². The van der Waals surface area contributed by atoms with Crippen molar-refractivity contribution in [2.24, 2.45) is 0 Å². The van der Waals surface area contributed by atoms with Gasteiger partial charge in [-0.15, -0.1) is 0 Å². The van der Waals surface area contributed by atoms with Gasteiger partial charge in [-0.2, -0.15) is 0 Å². The summed E-state index contributed by atoms with van der Waals surface area (Å²) < 4.78 is 6.88. The van der Waals surface area contributed by atoms with Gasteiger partial charge in [0.1, 0.15) is 0 Å². The van der Waals surface area contributed by atoms with E-state index in [9.17, 15) is 0 Å². The first-order valence-electron chi connectivity index (χ1n) is 12.5. The normalized spacial score (nSPS) is 13.9. The van der Waals surface area contributed by atoms with Gasteiger partial charge in [0.05, 0.1) is 17.1 Å². The standard InChI is InChI=1S/C33H29NO/c1-19-10-12-27-22(14-19)11-13-28-31(27)35-32-26-9-7-6-8-21(26)16-23-17-24-18-25(33(3,4)5)15-20(2)29(24)34(28)30(23)32/h6-16,18H,17H2,1-5H3. The second kappa shape index (κ2) is 6.88. The molecular formula is C33H29NO. The van der Waals surface area contributed by atoms with Gasteiger partial charge in [-0.25, -0.2) is 0 Å². The molecule has 0 unspecified atom stereocenters. The minimum absolute atomic E-state index is 0.103. The van der Waals surface area contributed by atoms with Crippen LogP contribution >= 0.6 is 0 Å². The zero-order chi connectivity index (χ0) is 24.1. The van der Waals surface area contributed by atoms with Crippen LogP contribution in [-0.2, 0) is 11.8 Å². The van der Waals surface area contributed by atoms with Crippen LogP contribution in [0.4, 0.5) is 17.1 Å². The van der Waals surface area contributed by atoms with Crippen molar-refractivity contribution in [3.8, 4) is 11.5 Å². The number of nitrogens with zero attached hydrogens (tertiary/aromatic N) is 1. The van der Waals surface area contributed by atoms with Crippen LogP contribution in [0.25, 0.3) is 21.5 Å². The highest BCUT2D eigenvalue weighted by Crippen LogP contribution is 2.59. The molecule has 0 radical (unpaired) electrons. The zero-order valence-corrected chi connectivity index (χ0v) is 21.0. The number of fused-ring (bicyclic) bond motifs is 8. The predicted molar refractivity (Wildman–Crippen MR) is 147 cm³/mol. The third kappa shape index (κ3) is 2.89. The molecule has 0 spiro atoms. The van der Waals surface area contributed by atoms with Crippen molar-refractivity contribution in [3.05, 3.63) is 101 Å². The molecule has 2 aliphatic heterocycles. The van der Waals surface area contributed by atoms with Gasteiger partial charge < -0.3 is 9.64 Å². The summed E-state index contributed by atoms with van der Waals surface area (Å²) in [5.41, 5.74) is 10.4. The lowest BCUT2D eigenvalue weighted by atomic mass is 9.81. The van der Waals surface area contributed by atoms with E-state index >= 15 is 0 Å². The number of rotatable bonds is 0. The summed E-state index contributed by atoms with van der Waals surface area (Å²) in [7, 11) is 0. The second-order valence-electron chi connectivity index (χ2n) is 11.2. The van der Waals surface area contributed by atoms with Crippen molar-refractivity contribution in [3.63, 3.8) is 0 Å². The fraction of sp³-hybridized carbons (Fsp3) is 0.212. The molecule has 0 fully saturated rings. The SMILES string of the molecule is Cc1ccc2c3c(ccc2c1)N1c2c(C)cc(C(C)(C)C)cc2Cc2cc4ccccc4c(c21)O3. The maximum atomic E-state index is 6.88. The Morgan fingerprint density at radius 3 is 2.29 bits per heavy atom. The molecule has 2 heterocycles. The average Bonchev–Trinajstić information content (AvgIpc) is 2.82. The van der Waals surface area contributed by atoms with E-state index < -0.39 is 0 Å². The summed E-state index contributed by atoms with van der Waals surface area (Å²) in [6.45, 7) is 11.3. The Morgan fingerprint density at radius 1 is 0.714 bits per heavy atom. The Morgan fingerprint density at radius 2 is 1.46 bits per heavy atom. The predicted octanol–water partition coefficient (Wildman–Crippen LogP) is 9.39. The first kappa shape index (κ1) is 20.6. The monoisotopic (exact) mass is 455 g/mol. The second-order valence-corrected chi connectivity index (χ2v) is 11.2. The Hall–Kier alpha value is -3.78. The number of ether oxygens (including phenoxy) is 1. The van der Waals surface area contributed by atoms with Crippen LogP contribution in [0.3, 0.4) is 0 Å². The summed E-state index contributed by atoms with van der Waals surface area (Å²) in [5.74, 6) is 1.92. The number of benzene rings is 5. The number of hydrogen-bond donors (Lipinski definition) is 0. The van der Waals surface area contributed by atoms with E-state index in [1.165, 1.54) is 55.4 Å². The summed E-state index contributed by atoms with van der Waals surface area (Å²) in [5, 5.41) is 4.76. The fourth-order valence-corrected chi connectivity index (χ4v) is 5.94. The third-order valence-corrected chi connectivity index (χ3v) is 7.68. The Balaban J connectivity index is 1.60. The Labute approximate surface area is 206 Å². The van der Waals surface area contributed by atoms with E-state index in [4.69, 9.17) is 4.74 Å². The van der Waals surface area contributed by atoms with Crippen LogP contribution in [-0.4, -0.2) is 0 Å². The van der Waals surface area contributed by atoms with Crippen molar-refractivity contribution >= 4 is 38.6 Å². The Bertz CT molecular complexity index is 1700. The maximum absolute atomic E-state index is 6.88. The van der Waals surface area contributed by atoms with Crippen LogP contribution < -0.4 is 9.64 Å². The van der Waals surface area contributed by atoms with Crippen molar-refractivity contribution in [2.75, 3.05) is 4.90 Å². The summed E-state index contributed by atoms with van der Waals surface area (Å²) in [4.78, 5) is 2.48. The van der Waals surface area contributed by atoms with Crippen molar-refractivity contribution < 1.29 is 4.74 Å². The van der Waals surface area contributed by atoms with E-state index in [2.05, 4.69) is 112 Å². The number of anilines is 3. The molecule has 35 heavy (non-hydrogen) atoms. The van der Waals surface area contributed by atoms with Crippen LogP contribution in [0, 0.1) is 13.8 Å². The van der Waals surface area contributed by atoms with Crippen molar-refractivity contribution in [1.82, 2.24) is 0 Å². The topological polar surface area (TPSA) is 12.5 Å². The first-order valence-corrected chi connectivity index (χ1v) is 12.5. The molecule has 5 aromatic rings. The number of hydrogen-bond acceptors (Lipinski definition) is 2. The molecular weight excluding hydrogens is 426 g/mol. The largest absolute Gasteiger partial charge is 0.452 e. The van der Waals surface area contributed by atoms with Crippen molar-refractivity contribution in [1.29, 1.82) is 0 Å². The molecule has 0 atom stereocenters. The van der Waals surface area contributed by atoms with E-state index in [-0.39, 0.29) is 5.41 Å². The minimum Gasteiger partial charge on any atom is -0.452 e. The van der Waals surface area contributed by atoms with Gasteiger partial charge in [-0.3, -0.25) is 0 Å². The molecule has 7 rings (SSSR count). The molecule has 0 saturated heterocycles. The summed E-state index contributed by atoms with van der Waals surface area (Å²) >= 11 is 0. The molecule has 172 valence electrons. The number of aryl methyl sites for hydroxylation is 2. The molecule has 0 amide bonds. The quantitative estimate of drug-likeness (QED) is 0.226. The molecule has 2 nitrogen and oxygen atoms in total. The molecule has 0 N–H and O–H groups in total. The molecule has 0 aromatic heterocycles. The highest BCUT2D eigenvalue weighted by molar-refractivity contribution is 6.06. The highest BCUT2D eigenvalue weighted by Gasteiger charge is 2.36. The minimum atomic E-state index is 0.103. The van der Waals surface area contributed by atoms with Crippen LogP contribution in [0.5, 0.6) is 11.5 Å². The maximum Gasteiger partial charge on any atom is 0.159 e. The van der Waals surface area contributed by atoms with Gasteiger partial charge in [-0.1, -0.05) is 87.0 Å². The lowest BCUT2D eigenvalue weighted by Crippen LogP contribution is -2.25. The molecule has 5 aromatic carbocycles. The molecule has 2 heteroatoms. The van der Waals surface area contributed by atoms with Gasteiger partial charge >= 0.3 is 0 Å². The van der Waals surface area contributed by atoms with Gasteiger partial charge in [0.25, 0.3) is 0 Å². The van der Waals surface area contributed by atoms with Crippen molar-refractivity contribution in [2.45, 2.75) is 46.5 Å². The lowest BCUT2D eigenvalue weighted by molar-refractivity contribution is 0.487. The summed E-state index contributed by atoms with van der Waals surface area (Å²) in [6.07, 6.45) is 0.912. The third-order valence-electron chi connectivity index (χ3n) is 7.68. The van der Waals surface area contributed by atoms with E-state index in [0.29, 0.717) is 0 Å². The van der Waals surface area contributed by atoms with Gasteiger partial charge in [0.2, 0.25) is 0 Å². The van der Waals surface area contributed by atoms with Gasteiger partial charge in [0.15, 0.2) is 11.5 Å². The van der Waals surface area contributed by atoms with Crippen LogP contribution in [0.2, 0.25) is 0 Å². The zero-order valence-electron chi connectivity index (χ0n) is 21.0. The molecule has 0 bridgehead atoms. The highest BCUT2D eigenvalue weighted by atomic mass is 16.5. The average molecular weight is 456 g/mol. The molecule has 0 saturated carbocycles. The first-order chi connectivity index (χ1) is 16.8. The van der Waals surface area contributed by atoms with Crippen LogP contribution in [0.15, 0.2) is 72.8 Å². The molecule has 2 aliphatic rings. The van der Waals surface area contributed by atoms with E-state index in [0.717, 1.165) is 29.0 Å².